The first-order valence-corrected chi connectivity index (χ1v) is 8.11. The highest BCUT2D eigenvalue weighted by Crippen LogP contribution is 2.23. The first-order valence-electron chi connectivity index (χ1n) is 8.11. The molecule has 0 aromatic heterocycles. The number of anilines is 2. The molecule has 1 fully saturated rings. The number of aryl methyl sites for hydroxylation is 1. The average molecular weight is 323 g/mol. The molecule has 1 atom stereocenters. The minimum absolute atomic E-state index is 0.0684. The van der Waals surface area contributed by atoms with Crippen LogP contribution in [0.5, 0.6) is 0 Å². The molecule has 2 amide bonds. The molecule has 124 valence electrons. The van der Waals surface area contributed by atoms with Crippen molar-refractivity contribution in [3.63, 3.8) is 0 Å². The van der Waals surface area contributed by atoms with Crippen LogP contribution in [-0.2, 0) is 16.1 Å². The van der Waals surface area contributed by atoms with E-state index in [0.29, 0.717) is 19.4 Å². The zero-order chi connectivity index (χ0) is 16.9. The van der Waals surface area contributed by atoms with Crippen LogP contribution in [0.1, 0.15) is 24.0 Å². The van der Waals surface area contributed by atoms with E-state index in [0.717, 1.165) is 11.4 Å². The highest BCUT2D eigenvalue weighted by Gasteiger charge is 2.27. The number of amides is 2. The summed E-state index contributed by atoms with van der Waals surface area (Å²) in [6.07, 6.45) is 0.953. The van der Waals surface area contributed by atoms with Crippen LogP contribution < -0.4 is 16.0 Å². The first-order chi connectivity index (χ1) is 11.6. The molecule has 1 unspecified atom stereocenters. The minimum Gasteiger partial charge on any atom is -0.379 e. The highest BCUT2D eigenvalue weighted by molar-refractivity contribution is 6.00. The Morgan fingerprint density at radius 2 is 1.83 bits per heavy atom. The van der Waals surface area contributed by atoms with E-state index in [4.69, 9.17) is 0 Å². The first kappa shape index (κ1) is 16.1. The number of para-hydroxylation sites is 2. The molecule has 1 heterocycles. The molecule has 0 spiro atoms. The molecule has 3 N–H and O–H groups in total. The summed E-state index contributed by atoms with van der Waals surface area (Å²) in [5.74, 6) is -0.243. The topological polar surface area (TPSA) is 70.2 Å². The normalized spacial score (nSPS) is 16.5. The Morgan fingerprint density at radius 1 is 1.12 bits per heavy atom. The van der Waals surface area contributed by atoms with Crippen LogP contribution in [0.25, 0.3) is 0 Å². The summed E-state index contributed by atoms with van der Waals surface area (Å²) in [4.78, 5) is 23.6. The van der Waals surface area contributed by atoms with Crippen molar-refractivity contribution in [3.05, 3.63) is 59.7 Å². The Hall–Kier alpha value is -2.82. The molecule has 5 nitrogen and oxygen atoms in total. The van der Waals surface area contributed by atoms with E-state index in [1.165, 1.54) is 11.1 Å². The number of rotatable bonds is 5. The van der Waals surface area contributed by atoms with Crippen LogP contribution in [0.4, 0.5) is 11.4 Å². The molecule has 1 aliphatic rings. The van der Waals surface area contributed by atoms with Gasteiger partial charge < -0.3 is 16.0 Å². The van der Waals surface area contributed by atoms with Gasteiger partial charge in [0.2, 0.25) is 11.8 Å². The fraction of sp³-hybridized carbons (Fsp3) is 0.263. The molecule has 1 saturated heterocycles. The standard InChI is InChI=1S/C19H21N3O2/c1-13-6-2-3-7-14(13)12-20-15-8-4-5-9-16(15)22-19(24)17-10-11-18(23)21-17/h2-9,17,20H,10-12H2,1H3,(H,21,23)(H,22,24). The number of carbonyl (C=O) groups excluding carboxylic acids is 2. The van der Waals surface area contributed by atoms with Gasteiger partial charge in [-0.15, -0.1) is 0 Å². The van der Waals surface area contributed by atoms with Crippen molar-refractivity contribution in [2.45, 2.75) is 32.4 Å². The molecule has 0 saturated carbocycles. The Labute approximate surface area is 141 Å². The Morgan fingerprint density at radius 3 is 2.54 bits per heavy atom. The zero-order valence-corrected chi connectivity index (χ0v) is 13.6. The molecule has 2 aromatic carbocycles. The average Bonchev–Trinajstić information content (AvgIpc) is 3.02. The van der Waals surface area contributed by atoms with E-state index in [1.807, 2.05) is 36.4 Å². The largest absolute Gasteiger partial charge is 0.379 e. The molecule has 24 heavy (non-hydrogen) atoms. The number of hydrogen-bond acceptors (Lipinski definition) is 3. The third kappa shape index (κ3) is 3.74. The van der Waals surface area contributed by atoms with Gasteiger partial charge in [-0.25, -0.2) is 0 Å². The van der Waals surface area contributed by atoms with Crippen molar-refractivity contribution in [1.29, 1.82) is 0 Å². The molecular formula is C19H21N3O2. The van der Waals surface area contributed by atoms with E-state index >= 15 is 0 Å². The summed E-state index contributed by atoms with van der Waals surface area (Å²) >= 11 is 0. The SMILES string of the molecule is Cc1ccccc1CNc1ccccc1NC(=O)C1CCC(=O)N1. The maximum atomic E-state index is 12.3. The maximum Gasteiger partial charge on any atom is 0.247 e. The van der Waals surface area contributed by atoms with Crippen molar-refractivity contribution in [3.8, 4) is 0 Å². The molecule has 1 aliphatic heterocycles. The van der Waals surface area contributed by atoms with Crippen molar-refractivity contribution in [2.75, 3.05) is 10.6 Å². The van der Waals surface area contributed by atoms with E-state index in [1.54, 1.807) is 0 Å². The van der Waals surface area contributed by atoms with Crippen LogP contribution in [0.15, 0.2) is 48.5 Å². The minimum atomic E-state index is -0.443. The third-order valence-electron chi connectivity index (χ3n) is 4.23. The van der Waals surface area contributed by atoms with Gasteiger partial charge in [0.1, 0.15) is 6.04 Å². The fourth-order valence-electron chi connectivity index (χ4n) is 2.78. The van der Waals surface area contributed by atoms with Gasteiger partial charge in [-0.2, -0.15) is 0 Å². The van der Waals surface area contributed by atoms with Crippen molar-refractivity contribution < 1.29 is 9.59 Å². The molecule has 5 heteroatoms. The molecule has 0 bridgehead atoms. The molecule has 2 aromatic rings. The van der Waals surface area contributed by atoms with Gasteiger partial charge in [0, 0.05) is 13.0 Å². The summed E-state index contributed by atoms with van der Waals surface area (Å²) in [7, 11) is 0. The number of benzene rings is 2. The van der Waals surface area contributed by atoms with Gasteiger partial charge in [0.25, 0.3) is 0 Å². The summed E-state index contributed by atoms with van der Waals surface area (Å²) < 4.78 is 0. The van der Waals surface area contributed by atoms with Gasteiger partial charge in [-0.1, -0.05) is 36.4 Å². The Bertz CT molecular complexity index is 758. The monoisotopic (exact) mass is 323 g/mol. The number of carbonyl (C=O) groups is 2. The molecule has 3 rings (SSSR count). The lowest BCUT2D eigenvalue weighted by atomic mass is 10.1. The number of nitrogens with one attached hydrogen (secondary N) is 3. The van der Waals surface area contributed by atoms with Gasteiger partial charge in [0.15, 0.2) is 0 Å². The van der Waals surface area contributed by atoms with Crippen molar-refractivity contribution in [1.82, 2.24) is 5.32 Å². The van der Waals surface area contributed by atoms with Crippen molar-refractivity contribution in [2.24, 2.45) is 0 Å². The van der Waals surface area contributed by atoms with Gasteiger partial charge in [0.05, 0.1) is 11.4 Å². The maximum absolute atomic E-state index is 12.3. The third-order valence-corrected chi connectivity index (χ3v) is 4.23. The van der Waals surface area contributed by atoms with Crippen LogP contribution in [0, 0.1) is 6.92 Å². The van der Waals surface area contributed by atoms with Crippen LogP contribution in [0.2, 0.25) is 0 Å². The predicted molar refractivity (Wildman–Crippen MR) is 94.7 cm³/mol. The highest BCUT2D eigenvalue weighted by atomic mass is 16.2. The molecule has 0 radical (unpaired) electrons. The summed E-state index contributed by atoms with van der Waals surface area (Å²) in [6.45, 7) is 2.76. The second kappa shape index (κ2) is 7.17. The van der Waals surface area contributed by atoms with Crippen LogP contribution >= 0.6 is 0 Å². The number of hydrogen-bond donors (Lipinski definition) is 3. The lowest BCUT2D eigenvalue weighted by Gasteiger charge is -2.16. The Balaban J connectivity index is 1.68. The Kier molecular flexibility index (Phi) is 4.79. The fourth-order valence-corrected chi connectivity index (χ4v) is 2.78. The zero-order valence-electron chi connectivity index (χ0n) is 13.6. The smallest absolute Gasteiger partial charge is 0.247 e. The van der Waals surface area contributed by atoms with Gasteiger partial charge in [-0.05, 0) is 36.6 Å². The van der Waals surface area contributed by atoms with Crippen LogP contribution in [-0.4, -0.2) is 17.9 Å². The summed E-state index contributed by atoms with van der Waals surface area (Å²) in [6, 6.07) is 15.3. The van der Waals surface area contributed by atoms with E-state index in [2.05, 4.69) is 35.0 Å². The molecule has 0 aliphatic carbocycles. The van der Waals surface area contributed by atoms with E-state index in [9.17, 15) is 9.59 Å². The lowest BCUT2D eigenvalue weighted by molar-refractivity contribution is -0.122. The predicted octanol–water partition coefficient (Wildman–Crippen LogP) is 2.82. The van der Waals surface area contributed by atoms with E-state index < -0.39 is 6.04 Å². The second-order valence-electron chi connectivity index (χ2n) is 5.97. The van der Waals surface area contributed by atoms with Crippen molar-refractivity contribution >= 4 is 23.2 Å². The summed E-state index contributed by atoms with van der Waals surface area (Å²) in [5.41, 5.74) is 4.01. The summed E-state index contributed by atoms with van der Waals surface area (Å²) in [5, 5.41) is 8.97. The lowest BCUT2D eigenvalue weighted by Crippen LogP contribution is -2.37. The van der Waals surface area contributed by atoms with Gasteiger partial charge >= 0.3 is 0 Å². The van der Waals surface area contributed by atoms with Gasteiger partial charge in [-0.3, -0.25) is 9.59 Å². The van der Waals surface area contributed by atoms with Crippen LogP contribution in [0.3, 0.4) is 0 Å². The van der Waals surface area contributed by atoms with E-state index in [-0.39, 0.29) is 11.8 Å². The molecular weight excluding hydrogens is 302 g/mol. The second-order valence-corrected chi connectivity index (χ2v) is 5.97. The quantitative estimate of drug-likeness (QED) is 0.792.